The van der Waals surface area contributed by atoms with Gasteiger partial charge in [0.2, 0.25) is 0 Å². The first-order valence-corrected chi connectivity index (χ1v) is 7.58. The lowest BCUT2D eigenvalue weighted by atomic mass is 10.1. The summed E-state index contributed by atoms with van der Waals surface area (Å²) in [4.78, 5) is 2.36. The Morgan fingerprint density at radius 1 is 1.14 bits per heavy atom. The minimum atomic E-state index is 0.694. The molecule has 1 aliphatic heterocycles. The summed E-state index contributed by atoms with van der Waals surface area (Å²) >= 11 is 0. The third-order valence-electron chi connectivity index (χ3n) is 3.92. The van der Waals surface area contributed by atoms with E-state index >= 15 is 0 Å². The number of rotatable bonds is 3. The number of ether oxygens (including phenoxy) is 1. The molecule has 1 aliphatic rings. The highest BCUT2D eigenvalue weighted by molar-refractivity contribution is 5.71. The van der Waals surface area contributed by atoms with E-state index < -0.39 is 0 Å². The minimum Gasteiger partial charge on any atom is -0.491 e. The van der Waals surface area contributed by atoms with Crippen molar-refractivity contribution in [3.05, 3.63) is 53.6 Å². The lowest BCUT2D eigenvalue weighted by molar-refractivity contribution is 0.322. The van der Waals surface area contributed by atoms with Crippen molar-refractivity contribution in [3.63, 3.8) is 0 Å². The molecule has 0 aromatic heterocycles. The van der Waals surface area contributed by atoms with Gasteiger partial charge in [-0.3, -0.25) is 0 Å². The first kappa shape index (κ1) is 14.0. The van der Waals surface area contributed by atoms with Crippen LogP contribution in [-0.4, -0.2) is 19.7 Å². The number of fused-ring (bicyclic) bond motifs is 1. The molecule has 2 N–H and O–H groups in total. The van der Waals surface area contributed by atoms with Gasteiger partial charge in [-0.2, -0.15) is 0 Å². The second kappa shape index (κ2) is 6.19. The molecule has 0 fully saturated rings. The largest absolute Gasteiger partial charge is 0.491 e. The summed E-state index contributed by atoms with van der Waals surface area (Å²) in [6.07, 6.45) is 1.96. The molecule has 2 aromatic rings. The van der Waals surface area contributed by atoms with Gasteiger partial charge in [-0.05, 0) is 55.6 Å². The third-order valence-corrected chi connectivity index (χ3v) is 3.92. The lowest BCUT2D eigenvalue weighted by Crippen LogP contribution is -2.18. The molecule has 0 unspecified atom stereocenters. The first-order valence-electron chi connectivity index (χ1n) is 7.58. The maximum Gasteiger partial charge on any atom is 0.142 e. The molecular formula is C18H22N2O. The molecule has 0 bridgehead atoms. The van der Waals surface area contributed by atoms with E-state index in [1.807, 2.05) is 12.1 Å². The van der Waals surface area contributed by atoms with Crippen LogP contribution in [0.4, 0.5) is 11.4 Å². The van der Waals surface area contributed by atoms with E-state index in [0.717, 1.165) is 37.4 Å². The second-order valence-corrected chi connectivity index (χ2v) is 5.48. The average Bonchev–Trinajstić information content (AvgIpc) is 2.70. The van der Waals surface area contributed by atoms with Gasteiger partial charge in [0.05, 0.1) is 12.3 Å². The van der Waals surface area contributed by atoms with Crippen LogP contribution < -0.4 is 15.4 Å². The topological polar surface area (TPSA) is 38.5 Å². The van der Waals surface area contributed by atoms with Gasteiger partial charge in [0.15, 0.2) is 0 Å². The number of aryl methyl sites for hydroxylation is 1. The van der Waals surface area contributed by atoms with Gasteiger partial charge in [0, 0.05) is 12.2 Å². The Kier molecular flexibility index (Phi) is 4.11. The SMILES string of the molecule is Cc1cc(CCN)ccc1N1CCCOc2ccccc21. The van der Waals surface area contributed by atoms with Crippen LogP contribution in [0, 0.1) is 6.92 Å². The molecule has 1 heterocycles. The number of nitrogens with zero attached hydrogens (tertiary/aromatic N) is 1. The number of hydrogen-bond acceptors (Lipinski definition) is 3. The van der Waals surface area contributed by atoms with Crippen LogP contribution in [0.3, 0.4) is 0 Å². The maximum atomic E-state index is 5.84. The van der Waals surface area contributed by atoms with Crippen LogP contribution in [0.25, 0.3) is 0 Å². The summed E-state index contributed by atoms with van der Waals surface area (Å²) in [7, 11) is 0. The van der Waals surface area contributed by atoms with Gasteiger partial charge in [0.25, 0.3) is 0 Å². The smallest absolute Gasteiger partial charge is 0.142 e. The highest BCUT2D eigenvalue weighted by atomic mass is 16.5. The third kappa shape index (κ3) is 2.88. The predicted molar refractivity (Wildman–Crippen MR) is 87.5 cm³/mol. The van der Waals surface area contributed by atoms with Crippen LogP contribution in [0.15, 0.2) is 42.5 Å². The van der Waals surface area contributed by atoms with Gasteiger partial charge in [-0.15, -0.1) is 0 Å². The molecule has 0 saturated carbocycles. The van der Waals surface area contributed by atoms with E-state index in [-0.39, 0.29) is 0 Å². The van der Waals surface area contributed by atoms with Crippen LogP contribution >= 0.6 is 0 Å². The molecule has 0 aliphatic carbocycles. The van der Waals surface area contributed by atoms with E-state index in [1.165, 1.54) is 16.8 Å². The summed E-state index contributed by atoms with van der Waals surface area (Å²) in [5, 5.41) is 0. The van der Waals surface area contributed by atoms with Crippen molar-refractivity contribution in [1.29, 1.82) is 0 Å². The molecule has 3 rings (SSSR count). The number of benzene rings is 2. The highest BCUT2D eigenvalue weighted by Gasteiger charge is 2.18. The Morgan fingerprint density at radius 2 is 2.00 bits per heavy atom. The Hall–Kier alpha value is -2.00. The van der Waals surface area contributed by atoms with Gasteiger partial charge in [-0.25, -0.2) is 0 Å². The van der Waals surface area contributed by atoms with Crippen molar-refractivity contribution in [3.8, 4) is 5.75 Å². The van der Waals surface area contributed by atoms with Crippen LogP contribution in [0.2, 0.25) is 0 Å². The number of anilines is 2. The minimum absolute atomic E-state index is 0.694. The molecule has 3 nitrogen and oxygen atoms in total. The first-order chi connectivity index (χ1) is 10.3. The number of para-hydroxylation sites is 2. The fourth-order valence-corrected chi connectivity index (χ4v) is 2.92. The zero-order valence-electron chi connectivity index (χ0n) is 12.5. The van der Waals surface area contributed by atoms with Crippen molar-refractivity contribution in [1.82, 2.24) is 0 Å². The van der Waals surface area contributed by atoms with E-state index in [1.54, 1.807) is 0 Å². The van der Waals surface area contributed by atoms with Gasteiger partial charge in [0.1, 0.15) is 5.75 Å². The van der Waals surface area contributed by atoms with Crippen LogP contribution in [-0.2, 0) is 6.42 Å². The number of hydrogen-bond donors (Lipinski definition) is 1. The van der Waals surface area contributed by atoms with Crippen LogP contribution in [0.1, 0.15) is 17.5 Å². The van der Waals surface area contributed by atoms with E-state index in [4.69, 9.17) is 10.5 Å². The molecule has 0 saturated heterocycles. The Morgan fingerprint density at radius 3 is 2.81 bits per heavy atom. The summed E-state index contributed by atoms with van der Waals surface area (Å²) in [5.74, 6) is 0.973. The van der Waals surface area contributed by atoms with E-state index in [0.29, 0.717) is 6.54 Å². The fourth-order valence-electron chi connectivity index (χ4n) is 2.92. The molecule has 0 spiro atoms. The summed E-state index contributed by atoms with van der Waals surface area (Å²) in [6, 6.07) is 14.9. The standard InChI is InChI=1S/C18H22N2O/c1-14-13-15(9-10-19)7-8-16(14)20-11-4-12-21-18-6-3-2-5-17(18)20/h2-3,5-8,13H,4,9-12,19H2,1H3. The molecule has 0 amide bonds. The average molecular weight is 282 g/mol. The fraction of sp³-hybridized carbons (Fsp3) is 0.333. The zero-order valence-corrected chi connectivity index (χ0v) is 12.5. The quantitative estimate of drug-likeness (QED) is 0.937. The molecule has 0 radical (unpaired) electrons. The Balaban J connectivity index is 2.00. The van der Waals surface area contributed by atoms with Crippen LogP contribution in [0.5, 0.6) is 5.75 Å². The maximum absolute atomic E-state index is 5.84. The summed E-state index contributed by atoms with van der Waals surface area (Å²) < 4.78 is 5.84. The summed E-state index contributed by atoms with van der Waals surface area (Å²) in [6.45, 7) is 4.62. The highest BCUT2D eigenvalue weighted by Crippen LogP contribution is 2.37. The van der Waals surface area contributed by atoms with Crippen molar-refractivity contribution in [2.45, 2.75) is 19.8 Å². The normalized spacial score (nSPS) is 14.3. The lowest BCUT2D eigenvalue weighted by Gasteiger charge is -2.26. The van der Waals surface area contributed by atoms with E-state index in [9.17, 15) is 0 Å². The molecule has 21 heavy (non-hydrogen) atoms. The van der Waals surface area contributed by atoms with Crippen molar-refractivity contribution >= 4 is 11.4 Å². The molecule has 0 atom stereocenters. The van der Waals surface area contributed by atoms with Gasteiger partial charge >= 0.3 is 0 Å². The Bertz CT molecular complexity index is 624. The molecular weight excluding hydrogens is 260 g/mol. The zero-order chi connectivity index (χ0) is 14.7. The predicted octanol–water partition coefficient (Wildman–Crippen LogP) is 3.42. The van der Waals surface area contributed by atoms with E-state index in [2.05, 4.69) is 42.2 Å². The van der Waals surface area contributed by atoms with Gasteiger partial charge in [-0.1, -0.05) is 24.3 Å². The van der Waals surface area contributed by atoms with Gasteiger partial charge < -0.3 is 15.4 Å². The molecule has 110 valence electrons. The van der Waals surface area contributed by atoms with Crippen molar-refractivity contribution in [2.24, 2.45) is 5.73 Å². The second-order valence-electron chi connectivity index (χ2n) is 5.48. The number of nitrogens with two attached hydrogens (primary N) is 1. The monoisotopic (exact) mass is 282 g/mol. The van der Waals surface area contributed by atoms with Crippen molar-refractivity contribution in [2.75, 3.05) is 24.6 Å². The Labute approximate surface area is 126 Å². The van der Waals surface area contributed by atoms with Crippen molar-refractivity contribution < 1.29 is 4.74 Å². The molecule has 2 aromatic carbocycles. The summed E-state index contributed by atoms with van der Waals surface area (Å²) in [5.41, 5.74) is 10.7. The molecule has 3 heteroatoms.